The third-order valence-electron chi connectivity index (χ3n) is 9.33. The van der Waals surface area contributed by atoms with Crippen molar-refractivity contribution in [2.45, 2.75) is 0 Å². The van der Waals surface area contributed by atoms with Gasteiger partial charge in [-0.25, -0.2) is 15.0 Å². The van der Waals surface area contributed by atoms with Gasteiger partial charge in [-0.3, -0.25) is 9.97 Å². The van der Waals surface area contributed by atoms with Gasteiger partial charge >= 0.3 is 0 Å². The van der Waals surface area contributed by atoms with Gasteiger partial charge in [0.15, 0.2) is 17.5 Å². The van der Waals surface area contributed by atoms with E-state index in [2.05, 4.69) is 143 Å². The van der Waals surface area contributed by atoms with Crippen molar-refractivity contribution in [1.82, 2.24) is 24.9 Å². The second-order valence-corrected chi connectivity index (χ2v) is 12.6. The Morgan fingerprint density at radius 1 is 0.250 bits per heavy atom. The Labute approximate surface area is 302 Å². The fourth-order valence-electron chi connectivity index (χ4n) is 6.67. The van der Waals surface area contributed by atoms with Crippen molar-refractivity contribution in [2.75, 3.05) is 0 Å². The summed E-state index contributed by atoms with van der Waals surface area (Å²) >= 11 is 0. The average molecular weight is 666 g/mol. The Morgan fingerprint density at radius 3 is 1.37 bits per heavy atom. The van der Waals surface area contributed by atoms with E-state index in [-0.39, 0.29) is 0 Å². The zero-order chi connectivity index (χ0) is 34.7. The first-order valence-corrected chi connectivity index (χ1v) is 17.2. The lowest BCUT2D eigenvalue weighted by molar-refractivity contribution is 1.07. The van der Waals surface area contributed by atoms with Gasteiger partial charge in [0.25, 0.3) is 0 Å². The minimum Gasteiger partial charge on any atom is -0.265 e. The molecule has 0 saturated heterocycles. The topological polar surface area (TPSA) is 64.5 Å². The number of aromatic nitrogens is 5. The number of hydrogen-bond donors (Lipinski definition) is 0. The summed E-state index contributed by atoms with van der Waals surface area (Å²) in [7, 11) is 0. The third-order valence-corrected chi connectivity index (χ3v) is 9.33. The zero-order valence-electron chi connectivity index (χ0n) is 28.1. The van der Waals surface area contributed by atoms with Gasteiger partial charge in [0.05, 0.1) is 0 Å². The van der Waals surface area contributed by atoms with Gasteiger partial charge in [-0.2, -0.15) is 0 Å². The molecule has 0 radical (unpaired) electrons. The number of hydrogen-bond acceptors (Lipinski definition) is 5. The maximum Gasteiger partial charge on any atom is 0.164 e. The lowest BCUT2D eigenvalue weighted by Gasteiger charge is -2.15. The van der Waals surface area contributed by atoms with Crippen LogP contribution in [0.2, 0.25) is 0 Å². The number of fused-ring (bicyclic) bond motifs is 1. The van der Waals surface area contributed by atoms with Crippen LogP contribution >= 0.6 is 0 Å². The van der Waals surface area contributed by atoms with Crippen LogP contribution in [-0.2, 0) is 0 Å². The van der Waals surface area contributed by atoms with Gasteiger partial charge in [-0.05, 0) is 104 Å². The molecule has 5 nitrogen and oxygen atoms in total. The molecule has 3 heterocycles. The van der Waals surface area contributed by atoms with E-state index < -0.39 is 0 Å². The van der Waals surface area contributed by atoms with Crippen LogP contribution in [0.3, 0.4) is 0 Å². The molecule has 0 saturated carbocycles. The summed E-state index contributed by atoms with van der Waals surface area (Å²) in [6, 6.07) is 57.4. The first kappa shape index (κ1) is 30.9. The largest absolute Gasteiger partial charge is 0.265 e. The molecule has 0 fully saturated rings. The Bertz CT molecular complexity index is 2620. The van der Waals surface area contributed by atoms with E-state index in [4.69, 9.17) is 15.0 Å². The van der Waals surface area contributed by atoms with Crippen LogP contribution in [0.1, 0.15) is 0 Å². The lowest BCUT2D eigenvalue weighted by Crippen LogP contribution is -2.00. The zero-order valence-corrected chi connectivity index (χ0v) is 28.1. The summed E-state index contributed by atoms with van der Waals surface area (Å²) in [5.74, 6) is 1.77. The monoisotopic (exact) mass is 665 g/mol. The Morgan fingerprint density at radius 2 is 0.731 bits per heavy atom. The molecule has 0 spiro atoms. The van der Waals surface area contributed by atoms with Crippen molar-refractivity contribution < 1.29 is 0 Å². The molecule has 6 aromatic carbocycles. The van der Waals surface area contributed by atoms with E-state index >= 15 is 0 Å². The van der Waals surface area contributed by atoms with Crippen LogP contribution in [0.4, 0.5) is 0 Å². The predicted molar refractivity (Wildman–Crippen MR) is 211 cm³/mol. The van der Waals surface area contributed by atoms with Crippen LogP contribution in [0.25, 0.3) is 89.4 Å². The summed E-state index contributed by atoms with van der Waals surface area (Å²) in [6.07, 6.45) is 7.00. The van der Waals surface area contributed by atoms with Crippen LogP contribution < -0.4 is 0 Å². The van der Waals surface area contributed by atoms with Gasteiger partial charge in [0.2, 0.25) is 0 Å². The van der Waals surface area contributed by atoms with E-state index in [1.807, 2.05) is 30.3 Å². The minimum absolute atomic E-state index is 0.586. The summed E-state index contributed by atoms with van der Waals surface area (Å²) in [4.78, 5) is 23.2. The average Bonchev–Trinajstić information content (AvgIpc) is 3.24. The van der Waals surface area contributed by atoms with E-state index in [1.165, 1.54) is 27.5 Å². The highest BCUT2D eigenvalue weighted by atomic mass is 15.0. The standard InChI is InChI=1S/C47H31N5/c1-2-9-33(10-3-1)44-31-42(47-51-45(34-20-24-48-25-21-34)50-46(52-47)35-22-26-49-27-23-35)18-19-43(44)41-15-7-14-39(30-41)37-12-6-13-38(29-37)40-17-16-32-8-4-5-11-36(32)28-40/h1-31H. The van der Waals surface area contributed by atoms with E-state index in [0.29, 0.717) is 17.5 Å². The molecule has 52 heavy (non-hydrogen) atoms. The quantitative estimate of drug-likeness (QED) is 0.169. The highest BCUT2D eigenvalue weighted by Gasteiger charge is 2.16. The van der Waals surface area contributed by atoms with Crippen molar-refractivity contribution in [2.24, 2.45) is 0 Å². The molecular formula is C47H31N5. The van der Waals surface area contributed by atoms with Gasteiger partial charge in [0.1, 0.15) is 0 Å². The number of nitrogens with zero attached hydrogens (tertiary/aromatic N) is 5. The number of pyridine rings is 2. The maximum absolute atomic E-state index is 4.97. The highest BCUT2D eigenvalue weighted by molar-refractivity contribution is 5.90. The molecule has 0 bridgehead atoms. The fraction of sp³-hybridized carbons (Fsp3) is 0. The lowest BCUT2D eigenvalue weighted by atomic mass is 9.90. The number of rotatable bonds is 7. The Balaban J connectivity index is 1.14. The van der Waals surface area contributed by atoms with Gasteiger partial charge < -0.3 is 0 Å². The van der Waals surface area contributed by atoms with Crippen LogP contribution in [-0.4, -0.2) is 24.9 Å². The predicted octanol–water partition coefficient (Wildman–Crippen LogP) is 11.5. The molecule has 0 unspecified atom stereocenters. The molecule has 9 rings (SSSR count). The highest BCUT2D eigenvalue weighted by Crippen LogP contribution is 2.38. The molecule has 0 aliphatic heterocycles. The fourth-order valence-corrected chi connectivity index (χ4v) is 6.67. The molecule has 0 amide bonds. The first-order chi connectivity index (χ1) is 25.7. The van der Waals surface area contributed by atoms with Crippen molar-refractivity contribution in [1.29, 1.82) is 0 Å². The molecule has 0 aliphatic carbocycles. The van der Waals surface area contributed by atoms with Crippen molar-refractivity contribution in [3.05, 3.63) is 189 Å². The Hall–Kier alpha value is -7.11. The second kappa shape index (κ2) is 13.7. The molecular weight excluding hydrogens is 635 g/mol. The summed E-state index contributed by atoms with van der Waals surface area (Å²) in [5.41, 5.74) is 11.8. The van der Waals surface area contributed by atoms with Gasteiger partial charge in [-0.15, -0.1) is 0 Å². The molecule has 244 valence electrons. The smallest absolute Gasteiger partial charge is 0.164 e. The summed E-state index contributed by atoms with van der Waals surface area (Å²) < 4.78 is 0. The van der Waals surface area contributed by atoms with Crippen LogP contribution in [0.15, 0.2) is 189 Å². The van der Waals surface area contributed by atoms with E-state index in [9.17, 15) is 0 Å². The molecule has 0 N–H and O–H groups in total. The summed E-state index contributed by atoms with van der Waals surface area (Å²) in [5, 5.41) is 2.48. The molecule has 5 heteroatoms. The molecule has 3 aromatic heterocycles. The maximum atomic E-state index is 4.97. The third kappa shape index (κ3) is 6.23. The molecule has 0 atom stereocenters. The van der Waals surface area contributed by atoms with Crippen molar-refractivity contribution in [3.63, 3.8) is 0 Å². The van der Waals surface area contributed by atoms with Crippen molar-refractivity contribution >= 4 is 10.8 Å². The molecule has 0 aliphatic rings. The van der Waals surface area contributed by atoms with Crippen molar-refractivity contribution in [3.8, 4) is 78.7 Å². The van der Waals surface area contributed by atoms with Crippen LogP contribution in [0, 0.1) is 0 Å². The SMILES string of the molecule is c1ccc(-c2cc(-c3nc(-c4ccncc4)nc(-c4ccncc4)n3)ccc2-c2cccc(-c3cccc(-c4ccc5ccccc5c4)c3)c2)cc1. The minimum atomic E-state index is 0.586. The summed E-state index contributed by atoms with van der Waals surface area (Å²) in [6.45, 7) is 0. The van der Waals surface area contributed by atoms with Gasteiger partial charge in [-0.1, -0.05) is 115 Å². The normalized spacial score (nSPS) is 11.1. The number of benzene rings is 6. The first-order valence-electron chi connectivity index (χ1n) is 17.2. The van der Waals surface area contributed by atoms with E-state index in [0.717, 1.165) is 44.5 Å². The van der Waals surface area contributed by atoms with Crippen LogP contribution in [0.5, 0.6) is 0 Å². The Kier molecular flexibility index (Phi) is 8.12. The van der Waals surface area contributed by atoms with E-state index in [1.54, 1.807) is 24.8 Å². The van der Waals surface area contributed by atoms with Gasteiger partial charge in [0, 0.05) is 41.5 Å². The molecule has 9 aromatic rings. The second-order valence-electron chi connectivity index (χ2n) is 12.6.